The molecular formula is C13H9NO5. The lowest BCUT2D eigenvalue weighted by molar-refractivity contribution is 0.0695. The number of hydrogen-bond donors (Lipinski definition) is 2. The van der Waals surface area contributed by atoms with Crippen molar-refractivity contribution < 1.29 is 19.4 Å². The summed E-state index contributed by atoms with van der Waals surface area (Å²) in [5.41, 5.74) is 0.408. The highest BCUT2D eigenvalue weighted by Gasteiger charge is 2.15. The number of benzene rings is 1. The third-order valence-electron chi connectivity index (χ3n) is 2.84. The zero-order valence-corrected chi connectivity index (χ0v) is 9.67. The van der Waals surface area contributed by atoms with Gasteiger partial charge < -0.3 is 19.6 Å². The van der Waals surface area contributed by atoms with Gasteiger partial charge >= 0.3 is 5.97 Å². The SMILES string of the molecule is O=C(O)c1cc(-c2ccc3c(c2)OCO3)c[nH]c1=O. The Morgan fingerprint density at radius 3 is 2.74 bits per heavy atom. The molecule has 1 aliphatic heterocycles. The van der Waals surface area contributed by atoms with Gasteiger partial charge in [-0.1, -0.05) is 6.07 Å². The molecule has 2 aromatic rings. The van der Waals surface area contributed by atoms with Gasteiger partial charge in [0.1, 0.15) is 5.56 Å². The molecule has 0 fully saturated rings. The zero-order chi connectivity index (χ0) is 13.4. The minimum absolute atomic E-state index is 0.171. The van der Waals surface area contributed by atoms with Crippen molar-refractivity contribution >= 4 is 5.97 Å². The van der Waals surface area contributed by atoms with Crippen molar-refractivity contribution in [2.75, 3.05) is 6.79 Å². The molecule has 0 saturated heterocycles. The first kappa shape index (κ1) is 11.3. The van der Waals surface area contributed by atoms with Crippen LogP contribution in [0.1, 0.15) is 10.4 Å². The second-order valence-electron chi connectivity index (χ2n) is 4.00. The van der Waals surface area contributed by atoms with Gasteiger partial charge in [0, 0.05) is 6.20 Å². The number of aromatic carboxylic acids is 1. The van der Waals surface area contributed by atoms with Crippen LogP contribution in [0.3, 0.4) is 0 Å². The molecule has 1 aromatic carbocycles. The van der Waals surface area contributed by atoms with Gasteiger partial charge in [-0.05, 0) is 29.3 Å². The van der Waals surface area contributed by atoms with Crippen LogP contribution >= 0.6 is 0 Å². The molecule has 0 saturated carbocycles. The van der Waals surface area contributed by atoms with Gasteiger partial charge in [0.05, 0.1) is 0 Å². The number of carboxylic acids is 1. The predicted molar refractivity (Wildman–Crippen MR) is 65.6 cm³/mol. The lowest BCUT2D eigenvalue weighted by Crippen LogP contribution is -2.16. The molecule has 1 aliphatic rings. The number of aromatic nitrogens is 1. The van der Waals surface area contributed by atoms with Crippen molar-refractivity contribution in [2.24, 2.45) is 0 Å². The fourth-order valence-electron chi connectivity index (χ4n) is 1.89. The van der Waals surface area contributed by atoms with Gasteiger partial charge in [-0.25, -0.2) is 4.79 Å². The van der Waals surface area contributed by atoms with E-state index in [-0.39, 0.29) is 12.4 Å². The van der Waals surface area contributed by atoms with Gasteiger partial charge in [-0.3, -0.25) is 4.79 Å². The summed E-state index contributed by atoms with van der Waals surface area (Å²) in [6.07, 6.45) is 1.46. The van der Waals surface area contributed by atoms with Gasteiger partial charge in [0.2, 0.25) is 6.79 Å². The molecule has 0 amide bonds. The van der Waals surface area contributed by atoms with E-state index < -0.39 is 11.5 Å². The van der Waals surface area contributed by atoms with E-state index in [0.717, 1.165) is 5.56 Å². The molecule has 19 heavy (non-hydrogen) atoms. The molecule has 0 atom stereocenters. The van der Waals surface area contributed by atoms with Gasteiger partial charge in [0.15, 0.2) is 11.5 Å². The number of H-pyrrole nitrogens is 1. The van der Waals surface area contributed by atoms with E-state index in [9.17, 15) is 9.59 Å². The number of carboxylic acid groups (broad SMARTS) is 1. The van der Waals surface area contributed by atoms with Gasteiger partial charge in [-0.15, -0.1) is 0 Å². The summed E-state index contributed by atoms with van der Waals surface area (Å²) in [5, 5.41) is 8.93. The smallest absolute Gasteiger partial charge is 0.341 e. The summed E-state index contributed by atoms with van der Waals surface area (Å²) in [6.45, 7) is 0.171. The van der Waals surface area contributed by atoms with Crippen LogP contribution < -0.4 is 15.0 Å². The van der Waals surface area contributed by atoms with E-state index in [1.54, 1.807) is 18.2 Å². The number of aromatic amines is 1. The number of pyridine rings is 1. The fraction of sp³-hybridized carbons (Fsp3) is 0.0769. The maximum atomic E-state index is 11.4. The third-order valence-corrected chi connectivity index (χ3v) is 2.84. The number of fused-ring (bicyclic) bond motifs is 1. The van der Waals surface area contributed by atoms with E-state index in [2.05, 4.69) is 4.98 Å². The van der Waals surface area contributed by atoms with Crippen molar-refractivity contribution in [1.82, 2.24) is 4.98 Å². The van der Waals surface area contributed by atoms with E-state index in [4.69, 9.17) is 14.6 Å². The third kappa shape index (κ3) is 1.93. The quantitative estimate of drug-likeness (QED) is 0.852. The zero-order valence-electron chi connectivity index (χ0n) is 9.67. The molecule has 2 heterocycles. The molecule has 0 spiro atoms. The van der Waals surface area contributed by atoms with Crippen molar-refractivity contribution in [3.63, 3.8) is 0 Å². The van der Waals surface area contributed by atoms with Gasteiger partial charge in [0.25, 0.3) is 5.56 Å². The molecule has 0 bridgehead atoms. The molecule has 0 aliphatic carbocycles. The summed E-state index contributed by atoms with van der Waals surface area (Å²) in [4.78, 5) is 24.7. The Balaban J connectivity index is 2.10. The molecule has 6 heteroatoms. The summed E-state index contributed by atoms with van der Waals surface area (Å²) in [5.74, 6) is -0.0175. The van der Waals surface area contributed by atoms with Crippen LogP contribution in [0.2, 0.25) is 0 Å². The molecule has 0 radical (unpaired) electrons. The van der Waals surface area contributed by atoms with Crippen LogP contribution in [0.4, 0.5) is 0 Å². The van der Waals surface area contributed by atoms with Crippen molar-refractivity contribution in [3.05, 3.63) is 46.4 Å². The minimum Gasteiger partial charge on any atom is -0.477 e. The predicted octanol–water partition coefficient (Wildman–Crippen LogP) is 1.47. The molecule has 96 valence electrons. The molecule has 6 nitrogen and oxygen atoms in total. The highest BCUT2D eigenvalue weighted by molar-refractivity contribution is 5.88. The first-order valence-electron chi connectivity index (χ1n) is 5.51. The molecular weight excluding hydrogens is 250 g/mol. The number of carbonyl (C=O) groups is 1. The monoisotopic (exact) mass is 259 g/mol. The topological polar surface area (TPSA) is 88.6 Å². The summed E-state index contributed by atoms with van der Waals surface area (Å²) in [7, 11) is 0. The maximum Gasteiger partial charge on any atom is 0.341 e. The van der Waals surface area contributed by atoms with Crippen LogP contribution in [0.25, 0.3) is 11.1 Å². The average molecular weight is 259 g/mol. The van der Waals surface area contributed by atoms with E-state index >= 15 is 0 Å². The minimum atomic E-state index is -1.26. The standard InChI is InChI=1S/C13H9NO5/c15-12-9(13(16)17)3-8(5-14-12)7-1-2-10-11(4-7)19-6-18-10/h1-5H,6H2,(H,14,15)(H,16,17). The average Bonchev–Trinajstić information content (AvgIpc) is 2.86. The summed E-state index contributed by atoms with van der Waals surface area (Å²) >= 11 is 0. The molecule has 0 unspecified atom stereocenters. The second kappa shape index (κ2) is 4.16. The normalized spacial score (nSPS) is 12.4. The lowest BCUT2D eigenvalue weighted by Gasteiger charge is -2.04. The molecule has 3 rings (SSSR count). The lowest BCUT2D eigenvalue weighted by atomic mass is 10.1. The largest absolute Gasteiger partial charge is 0.477 e. The van der Waals surface area contributed by atoms with E-state index in [1.807, 2.05) is 0 Å². The molecule has 1 aromatic heterocycles. The fourth-order valence-corrected chi connectivity index (χ4v) is 1.89. The van der Waals surface area contributed by atoms with Crippen molar-refractivity contribution in [2.45, 2.75) is 0 Å². The van der Waals surface area contributed by atoms with Crippen LogP contribution in [0.5, 0.6) is 11.5 Å². The Bertz CT molecular complexity index is 719. The van der Waals surface area contributed by atoms with Crippen molar-refractivity contribution in [1.29, 1.82) is 0 Å². The number of ether oxygens (including phenoxy) is 2. The number of nitrogens with one attached hydrogen (secondary N) is 1. The highest BCUT2D eigenvalue weighted by atomic mass is 16.7. The molecule has 2 N–H and O–H groups in total. The second-order valence-corrected chi connectivity index (χ2v) is 4.00. The van der Waals surface area contributed by atoms with Crippen LogP contribution in [0, 0.1) is 0 Å². The highest BCUT2D eigenvalue weighted by Crippen LogP contribution is 2.35. The summed E-state index contributed by atoms with van der Waals surface area (Å²) in [6, 6.07) is 6.58. The Labute approximate surface area is 107 Å². The maximum absolute atomic E-state index is 11.4. The van der Waals surface area contributed by atoms with Crippen molar-refractivity contribution in [3.8, 4) is 22.6 Å². The Kier molecular flexibility index (Phi) is 2.49. The van der Waals surface area contributed by atoms with E-state index in [0.29, 0.717) is 17.1 Å². The number of rotatable bonds is 2. The van der Waals surface area contributed by atoms with Crippen LogP contribution in [0.15, 0.2) is 35.3 Å². The first-order valence-corrected chi connectivity index (χ1v) is 5.51. The first-order chi connectivity index (χ1) is 9.15. The number of hydrogen-bond acceptors (Lipinski definition) is 4. The Morgan fingerprint density at radius 2 is 1.95 bits per heavy atom. The van der Waals surface area contributed by atoms with Crippen LogP contribution in [-0.4, -0.2) is 22.9 Å². The van der Waals surface area contributed by atoms with Crippen LogP contribution in [-0.2, 0) is 0 Å². The van der Waals surface area contributed by atoms with Gasteiger partial charge in [-0.2, -0.15) is 0 Å². The summed E-state index contributed by atoms with van der Waals surface area (Å²) < 4.78 is 10.4. The van der Waals surface area contributed by atoms with E-state index in [1.165, 1.54) is 12.3 Å². The Hall–Kier alpha value is -2.76. The Morgan fingerprint density at radius 1 is 1.16 bits per heavy atom.